The van der Waals surface area contributed by atoms with Crippen LogP contribution in [0.1, 0.15) is 49.3 Å². The molecular formula is C19H29N3O3Si. The summed E-state index contributed by atoms with van der Waals surface area (Å²) in [7, 11) is -1.74. The molecule has 0 saturated heterocycles. The van der Waals surface area contributed by atoms with Crippen LogP contribution in [0.15, 0.2) is 30.5 Å². The van der Waals surface area contributed by atoms with Gasteiger partial charge in [0.05, 0.1) is 26.0 Å². The Bertz CT molecular complexity index is 733. The lowest BCUT2D eigenvalue weighted by molar-refractivity contribution is 0.0519. The van der Waals surface area contributed by atoms with Crippen molar-refractivity contribution in [3.63, 3.8) is 0 Å². The maximum atomic E-state index is 11.6. The molecular weight excluding hydrogens is 346 g/mol. The molecule has 0 aliphatic carbocycles. The number of nitrogens with zero attached hydrogens (tertiary/aromatic N) is 3. The van der Waals surface area contributed by atoms with Gasteiger partial charge in [-0.15, -0.1) is 5.10 Å². The van der Waals surface area contributed by atoms with Crippen LogP contribution in [0.5, 0.6) is 0 Å². The van der Waals surface area contributed by atoms with E-state index in [0.717, 1.165) is 11.1 Å². The number of benzene rings is 1. The second-order valence-electron chi connectivity index (χ2n) is 7.89. The van der Waals surface area contributed by atoms with Crippen LogP contribution in [-0.4, -0.2) is 35.9 Å². The van der Waals surface area contributed by atoms with Gasteiger partial charge >= 0.3 is 5.97 Å². The summed E-state index contributed by atoms with van der Waals surface area (Å²) in [5.74, 6) is -0.447. The van der Waals surface area contributed by atoms with E-state index in [4.69, 9.17) is 9.16 Å². The third kappa shape index (κ3) is 5.25. The van der Waals surface area contributed by atoms with Crippen molar-refractivity contribution in [2.45, 2.75) is 59.0 Å². The molecule has 0 spiro atoms. The molecule has 1 aromatic heterocycles. The summed E-state index contributed by atoms with van der Waals surface area (Å²) in [6.45, 7) is 14.5. The zero-order valence-electron chi connectivity index (χ0n) is 16.6. The largest absolute Gasteiger partial charge is 0.461 e. The summed E-state index contributed by atoms with van der Waals surface area (Å²) in [5.41, 5.74) is 2.47. The van der Waals surface area contributed by atoms with Gasteiger partial charge in [0.2, 0.25) is 0 Å². The van der Waals surface area contributed by atoms with Crippen molar-refractivity contribution in [3.05, 3.63) is 47.3 Å². The van der Waals surface area contributed by atoms with Crippen LogP contribution in [0.25, 0.3) is 0 Å². The minimum Gasteiger partial charge on any atom is -0.461 e. The number of ether oxygens (including phenoxy) is 1. The van der Waals surface area contributed by atoms with Gasteiger partial charge in [0, 0.05) is 0 Å². The molecule has 0 saturated carbocycles. The Morgan fingerprint density at radius 2 is 1.77 bits per heavy atom. The quantitative estimate of drug-likeness (QED) is 0.540. The fraction of sp³-hybridized carbons (Fsp3) is 0.526. The molecule has 0 aliphatic heterocycles. The number of carbonyl (C=O) groups excluding carboxylic acids is 1. The Labute approximate surface area is 156 Å². The Kier molecular flexibility index (Phi) is 6.36. The Hall–Kier alpha value is -1.99. The van der Waals surface area contributed by atoms with E-state index in [1.807, 2.05) is 0 Å². The van der Waals surface area contributed by atoms with E-state index in [9.17, 15) is 4.79 Å². The van der Waals surface area contributed by atoms with Crippen molar-refractivity contribution in [2.24, 2.45) is 0 Å². The second kappa shape index (κ2) is 8.14. The first-order valence-electron chi connectivity index (χ1n) is 8.91. The first-order valence-corrected chi connectivity index (χ1v) is 11.8. The number of rotatable bonds is 7. The molecule has 0 amide bonds. The first kappa shape index (κ1) is 20.3. The number of aromatic nitrogens is 3. The molecule has 2 rings (SSSR count). The van der Waals surface area contributed by atoms with Gasteiger partial charge in [-0.3, -0.25) is 0 Å². The maximum Gasteiger partial charge on any atom is 0.360 e. The molecule has 7 heteroatoms. The summed E-state index contributed by atoms with van der Waals surface area (Å²) in [6.07, 6.45) is 1.60. The van der Waals surface area contributed by atoms with Crippen molar-refractivity contribution >= 4 is 14.3 Å². The Balaban J connectivity index is 1.95. The second-order valence-corrected chi connectivity index (χ2v) is 12.7. The van der Waals surface area contributed by atoms with Crippen LogP contribution in [0, 0.1) is 0 Å². The normalized spacial score (nSPS) is 12.2. The minimum atomic E-state index is -1.74. The lowest BCUT2D eigenvalue weighted by atomic mass is 10.1. The molecule has 0 fully saturated rings. The highest BCUT2D eigenvalue weighted by atomic mass is 28.4. The zero-order valence-corrected chi connectivity index (χ0v) is 17.6. The smallest absolute Gasteiger partial charge is 0.360 e. The molecule has 142 valence electrons. The fourth-order valence-corrected chi connectivity index (χ4v) is 3.04. The van der Waals surface area contributed by atoms with Gasteiger partial charge < -0.3 is 9.16 Å². The van der Waals surface area contributed by atoms with Crippen LogP contribution in [0.3, 0.4) is 0 Å². The van der Waals surface area contributed by atoms with Crippen LogP contribution >= 0.6 is 0 Å². The van der Waals surface area contributed by atoms with E-state index in [2.05, 4.69) is 68.4 Å². The lowest BCUT2D eigenvalue weighted by Gasteiger charge is -2.36. The zero-order chi connectivity index (χ0) is 19.4. The highest BCUT2D eigenvalue weighted by Crippen LogP contribution is 2.37. The van der Waals surface area contributed by atoms with Crippen molar-refractivity contribution in [1.82, 2.24) is 15.0 Å². The molecule has 0 N–H and O–H groups in total. The van der Waals surface area contributed by atoms with Crippen LogP contribution in [0.4, 0.5) is 0 Å². The van der Waals surface area contributed by atoms with Gasteiger partial charge in [0.25, 0.3) is 0 Å². The first-order chi connectivity index (χ1) is 12.1. The average Bonchev–Trinajstić information content (AvgIpc) is 3.02. The number of hydrogen-bond donors (Lipinski definition) is 0. The van der Waals surface area contributed by atoms with Crippen LogP contribution in [-0.2, 0) is 22.3 Å². The van der Waals surface area contributed by atoms with E-state index in [1.54, 1.807) is 17.8 Å². The van der Waals surface area contributed by atoms with Crippen LogP contribution < -0.4 is 0 Å². The molecule has 0 aliphatic rings. The van der Waals surface area contributed by atoms with Crippen molar-refractivity contribution in [3.8, 4) is 0 Å². The van der Waals surface area contributed by atoms with Gasteiger partial charge in [0.15, 0.2) is 14.0 Å². The average molecular weight is 376 g/mol. The number of carbonyl (C=O) groups is 1. The molecule has 1 heterocycles. The van der Waals surface area contributed by atoms with Gasteiger partial charge in [0.1, 0.15) is 0 Å². The van der Waals surface area contributed by atoms with E-state index < -0.39 is 14.3 Å². The van der Waals surface area contributed by atoms with Crippen molar-refractivity contribution in [2.75, 3.05) is 6.61 Å². The van der Waals surface area contributed by atoms with Gasteiger partial charge in [-0.2, -0.15) is 0 Å². The number of hydrogen-bond acceptors (Lipinski definition) is 5. The van der Waals surface area contributed by atoms with Gasteiger partial charge in [-0.1, -0.05) is 50.3 Å². The molecule has 0 atom stereocenters. The maximum absolute atomic E-state index is 11.6. The molecule has 6 nitrogen and oxygen atoms in total. The van der Waals surface area contributed by atoms with E-state index in [0.29, 0.717) is 19.8 Å². The molecule has 0 bridgehead atoms. The standard InChI is InChI=1S/C19H29N3O3Si/c1-7-24-18(23)17-13-22(21-20-17)12-15-8-10-16(11-9-15)14-25-26(5,6)19(2,3)4/h8-11,13H,7,12,14H2,1-6H3. The molecule has 0 radical (unpaired) electrons. The molecule has 26 heavy (non-hydrogen) atoms. The highest BCUT2D eigenvalue weighted by molar-refractivity contribution is 6.74. The topological polar surface area (TPSA) is 66.2 Å². The molecule has 2 aromatic rings. The van der Waals surface area contributed by atoms with Crippen LogP contribution in [0.2, 0.25) is 18.1 Å². The summed E-state index contributed by atoms with van der Waals surface area (Å²) in [4.78, 5) is 11.6. The molecule has 0 unspecified atom stereocenters. The molecule has 1 aromatic carbocycles. The van der Waals surface area contributed by atoms with Gasteiger partial charge in [-0.05, 0) is 36.2 Å². The fourth-order valence-electron chi connectivity index (χ4n) is 2.08. The predicted octanol–water partition coefficient (Wildman–Crippen LogP) is 4.02. The van der Waals surface area contributed by atoms with Crippen molar-refractivity contribution < 1.29 is 14.0 Å². The van der Waals surface area contributed by atoms with E-state index in [1.165, 1.54) is 0 Å². The number of esters is 1. The third-order valence-electron chi connectivity index (χ3n) is 4.80. The SMILES string of the molecule is CCOC(=O)c1cn(Cc2ccc(CO[Si](C)(C)C(C)(C)C)cc2)nn1. The van der Waals surface area contributed by atoms with Gasteiger partial charge in [-0.25, -0.2) is 9.48 Å². The summed E-state index contributed by atoms with van der Waals surface area (Å²) in [5, 5.41) is 8.04. The monoisotopic (exact) mass is 375 g/mol. The Morgan fingerprint density at radius 3 is 2.35 bits per heavy atom. The highest BCUT2D eigenvalue weighted by Gasteiger charge is 2.36. The minimum absolute atomic E-state index is 0.205. The third-order valence-corrected chi connectivity index (χ3v) is 9.28. The van der Waals surface area contributed by atoms with E-state index >= 15 is 0 Å². The summed E-state index contributed by atoms with van der Waals surface area (Å²) >= 11 is 0. The summed E-state index contributed by atoms with van der Waals surface area (Å²) in [6, 6.07) is 8.25. The van der Waals surface area contributed by atoms with Crippen molar-refractivity contribution in [1.29, 1.82) is 0 Å². The lowest BCUT2D eigenvalue weighted by Crippen LogP contribution is -2.40. The predicted molar refractivity (Wildman–Crippen MR) is 104 cm³/mol. The Morgan fingerprint density at radius 1 is 1.15 bits per heavy atom. The summed E-state index contributed by atoms with van der Waals surface area (Å²) < 4.78 is 12.8. The van der Waals surface area contributed by atoms with E-state index in [-0.39, 0.29) is 10.7 Å².